The van der Waals surface area contributed by atoms with Gasteiger partial charge in [-0.05, 0) is 24.6 Å². The predicted molar refractivity (Wildman–Crippen MR) is 99.9 cm³/mol. The number of aliphatic imine (C=N–C) groups is 1. The van der Waals surface area contributed by atoms with Crippen molar-refractivity contribution in [3.8, 4) is 5.75 Å². The van der Waals surface area contributed by atoms with Crippen LogP contribution in [0, 0.1) is 6.92 Å². The van der Waals surface area contributed by atoms with Gasteiger partial charge in [0.2, 0.25) is 0 Å². The van der Waals surface area contributed by atoms with Gasteiger partial charge in [-0.15, -0.1) is 16.8 Å². The molecule has 2 N–H and O–H groups in total. The number of nitrogens with zero attached hydrogens (tertiary/aromatic N) is 4. The third-order valence-electron chi connectivity index (χ3n) is 3.76. The molecule has 0 unspecified atom stereocenters. The minimum absolute atomic E-state index is 0.158. The molecule has 0 aliphatic heterocycles. The smallest absolute Gasteiger partial charge is 0.422 e. The summed E-state index contributed by atoms with van der Waals surface area (Å²) in [5.41, 5.74) is 0.827. The van der Waals surface area contributed by atoms with Crippen LogP contribution >= 0.6 is 0 Å². The van der Waals surface area contributed by atoms with Crippen LogP contribution in [-0.4, -0.2) is 40.1 Å². The van der Waals surface area contributed by atoms with E-state index < -0.39 is 12.8 Å². The summed E-state index contributed by atoms with van der Waals surface area (Å²) in [6.07, 6.45) is -2.65. The Bertz CT molecular complexity index is 799. The molecule has 0 spiro atoms. The Morgan fingerprint density at radius 2 is 1.96 bits per heavy atom. The zero-order valence-corrected chi connectivity index (χ0v) is 15.8. The fraction of sp³-hybridized carbons (Fsp3) is 0.389. The average molecular weight is 396 g/mol. The summed E-state index contributed by atoms with van der Waals surface area (Å²) in [4.78, 5) is 4.47. The zero-order chi connectivity index (χ0) is 20.6. The predicted octanol–water partition coefficient (Wildman–Crippen LogP) is 2.49. The summed E-state index contributed by atoms with van der Waals surface area (Å²) in [5.74, 6) is 2.28. The molecule has 0 aliphatic carbocycles. The monoisotopic (exact) mass is 396 g/mol. The molecule has 0 saturated carbocycles. The maximum absolute atomic E-state index is 12.2. The van der Waals surface area contributed by atoms with Gasteiger partial charge in [0, 0.05) is 13.6 Å². The molecule has 10 heteroatoms. The minimum Gasteiger partial charge on any atom is -0.484 e. The van der Waals surface area contributed by atoms with E-state index in [2.05, 4.69) is 32.4 Å². The van der Waals surface area contributed by atoms with Crippen molar-refractivity contribution in [1.82, 2.24) is 25.4 Å². The van der Waals surface area contributed by atoms with Crippen LogP contribution in [-0.2, 0) is 20.1 Å². The average Bonchev–Trinajstić information content (AvgIpc) is 2.98. The van der Waals surface area contributed by atoms with Crippen LogP contribution in [0.15, 0.2) is 41.9 Å². The van der Waals surface area contributed by atoms with Crippen LogP contribution in [0.4, 0.5) is 13.2 Å². The summed E-state index contributed by atoms with van der Waals surface area (Å²) < 4.78 is 43.1. The van der Waals surface area contributed by atoms with E-state index in [0.29, 0.717) is 25.6 Å². The first-order valence-electron chi connectivity index (χ1n) is 8.55. The molecule has 152 valence electrons. The van der Waals surface area contributed by atoms with Crippen LogP contribution < -0.4 is 15.4 Å². The summed E-state index contributed by atoms with van der Waals surface area (Å²) >= 11 is 0. The Balaban J connectivity index is 1.95. The Hall–Kier alpha value is -3.04. The molecule has 0 radical (unpaired) electrons. The largest absolute Gasteiger partial charge is 0.484 e. The highest BCUT2D eigenvalue weighted by Crippen LogP contribution is 2.19. The van der Waals surface area contributed by atoms with Gasteiger partial charge in [0.25, 0.3) is 0 Å². The lowest BCUT2D eigenvalue weighted by Crippen LogP contribution is -2.37. The Labute approximate surface area is 161 Å². The number of halogens is 3. The van der Waals surface area contributed by atoms with Gasteiger partial charge in [0.05, 0.1) is 13.1 Å². The van der Waals surface area contributed by atoms with E-state index in [1.807, 2.05) is 18.5 Å². The van der Waals surface area contributed by atoms with Gasteiger partial charge in [0.1, 0.15) is 11.6 Å². The van der Waals surface area contributed by atoms with Gasteiger partial charge < -0.3 is 19.9 Å². The van der Waals surface area contributed by atoms with Gasteiger partial charge in [-0.25, -0.2) is 4.99 Å². The number of hydrogen-bond acceptors (Lipinski definition) is 4. The molecule has 0 bridgehead atoms. The lowest BCUT2D eigenvalue weighted by Gasteiger charge is -2.12. The number of hydrogen-bond donors (Lipinski definition) is 2. The molecule has 2 rings (SSSR count). The molecule has 2 aromatic rings. The number of benzene rings is 1. The van der Waals surface area contributed by atoms with E-state index >= 15 is 0 Å². The van der Waals surface area contributed by atoms with Gasteiger partial charge in [-0.1, -0.05) is 18.2 Å². The van der Waals surface area contributed by atoms with Gasteiger partial charge in [0.15, 0.2) is 18.4 Å². The fourth-order valence-corrected chi connectivity index (χ4v) is 2.14. The van der Waals surface area contributed by atoms with E-state index in [1.54, 1.807) is 18.2 Å². The van der Waals surface area contributed by atoms with Crippen LogP contribution in [0.1, 0.15) is 17.2 Å². The molecule has 7 nitrogen and oxygen atoms in total. The molecular weight excluding hydrogens is 373 g/mol. The number of alkyl halides is 3. The van der Waals surface area contributed by atoms with Crippen molar-refractivity contribution >= 4 is 5.96 Å². The minimum atomic E-state index is -4.36. The number of rotatable bonds is 8. The summed E-state index contributed by atoms with van der Waals surface area (Å²) in [6.45, 7) is 5.51. The van der Waals surface area contributed by atoms with Gasteiger partial charge in [-0.3, -0.25) is 0 Å². The third kappa shape index (κ3) is 6.93. The van der Waals surface area contributed by atoms with E-state index in [1.165, 1.54) is 12.1 Å². The SMILES string of the molecule is C=CCNC(=NCc1ccc(OCC(F)(F)F)cc1)NCc1nnc(C)n1C. The summed E-state index contributed by atoms with van der Waals surface area (Å²) in [5, 5.41) is 14.3. The third-order valence-corrected chi connectivity index (χ3v) is 3.76. The Kier molecular flexibility index (Phi) is 7.42. The van der Waals surface area contributed by atoms with Crippen molar-refractivity contribution in [3.63, 3.8) is 0 Å². The first-order valence-corrected chi connectivity index (χ1v) is 8.55. The normalized spacial score (nSPS) is 12.0. The first kappa shape index (κ1) is 21.3. The quantitative estimate of drug-likeness (QED) is 0.407. The van der Waals surface area contributed by atoms with Crippen molar-refractivity contribution < 1.29 is 17.9 Å². The van der Waals surface area contributed by atoms with E-state index in [-0.39, 0.29) is 5.75 Å². The van der Waals surface area contributed by atoms with Crippen LogP contribution in [0.2, 0.25) is 0 Å². The maximum Gasteiger partial charge on any atom is 0.422 e. The molecule has 1 aromatic heterocycles. The Morgan fingerprint density at radius 3 is 2.54 bits per heavy atom. The van der Waals surface area contributed by atoms with E-state index in [0.717, 1.165) is 17.2 Å². The second kappa shape index (κ2) is 9.77. The lowest BCUT2D eigenvalue weighted by atomic mass is 10.2. The van der Waals surface area contributed by atoms with Crippen molar-refractivity contribution in [2.45, 2.75) is 26.2 Å². The molecule has 1 heterocycles. The lowest BCUT2D eigenvalue weighted by molar-refractivity contribution is -0.153. The standard InChI is InChI=1S/C18H23F3N6O/c1-4-9-22-17(24-11-16-26-25-13(2)27(16)3)23-10-14-5-7-15(8-6-14)28-12-18(19,20)21/h4-8H,1,9-12H2,2-3H3,(H2,22,23,24). The maximum atomic E-state index is 12.2. The second-order valence-corrected chi connectivity index (χ2v) is 5.96. The number of aromatic nitrogens is 3. The molecular formula is C18H23F3N6O. The molecule has 0 atom stereocenters. The van der Waals surface area contributed by atoms with Crippen LogP contribution in [0.3, 0.4) is 0 Å². The fourth-order valence-electron chi connectivity index (χ4n) is 2.14. The first-order chi connectivity index (χ1) is 13.3. The molecule has 0 aliphatic rings. The highest BCUT2D eigenvalue weighted by Gasteiger charge is 2.28. The van der Waals surface area contributed by atoms with Crippen molar-refractivity contribution in [1.29, 1.82) is 0 Å². The summed E-state index contributed by atoms with van der Waals surface area (Å²) in [6, 6.07) is 6.32. The molecule has 1 aromatic carbocycles. The highest BCUT2D eigenvalue weighted by atomic mass is 19.4. The van der Waals surface area contributed by atoms with Crippen molar-refractivity contribution in [3.05, 3.63) is 54.1 Å². The number of ether oxygens (including phenoxy) is 1. The topological polar surface area (TPSA) is 76.4 Å². The highest BCUT2D eigenvalue weighted by molar-refractivity contribution is 5.79. The molecule has 28 heavy (non-hydrogen) atoms. The zero-order valence-electron chi connectivity index (χ0n) is 15.8. The second-order valence-electron chi connectivity index (χ2n) is 5.96. The van der Waals surface area contributed by atoms with Gasteiger partial charge >= 0.3 is 6.18 Å². The molecule has 0 saturated heterocycles. The molecule has 0 amide bonds. The number of aryl methyl sites for hydroxylation is 1. The van der Waals surface area contributed by atoms with E-state index in [9.17, 15) is 13.2 Å². The molecule has 0 fully saturated rings. The van der Waals surface area contributed by atoms with Crippen molar-refractivity contribution in [2.24, 2.45) is 12.0 Å². The number of nitrogens with one attached hydrogen (secondary N) is 2. The summed E-state index contributed by atoms with van der Waals surface area (Å²) in [7, 11) is 1.88. The van der Waals surface area contributed by atoms with E-state index in [4.69, 9.17) is 4.74 Å². The van der Waals surface area contributed by atoms with Crippen molar-refractivity contribution in [2.75, 3.05) is 13.2 Å². The number of guanidine groups is 1. The van der Waals surface area contributed by atoms with Crippen LogP contribution in [0.5, 0.6) is 5.75 Å². The Morgan fingerprint density at radius 1 is 1.25 bits per heavy atom. The van der Waals surface area contributed by atoms with Gasteiger partial charge in [-0.2, -0.15) is 13.2 Å². The van der Waals surface area contributed by atoms with Crippen LogP contribution in [0.25, 0.3) is 0 Å².